The van der Waals surface area contributed by atoms with Gasteiger partial charge in [0.2, 0.25) is 0 Å². The first-order valence-electron chi connectivity index (χ1n) is 7.60. The number of nitrogens with one attached hydrogen (secondary N) is 2. The zero-order valence-electron chi connectivity index (χ0n) is 12.5. The molecule has 0 spiro atoms. The van der Waals surface area contributed by atoms with Crippen LogP contribution in [0.3, 0.4) is 0 Å². The Bertz CT molecular complexity index is 473. The van der Waals surface area contributed by atoms with Gasteiger partial charge in [0.15, 0.2) is 6.61 Å². The van der Waals surface area contributed by atoms with Crippen molar-refractivity contribution >= 4 is 5.91 Å². The van der Waals surface area contributed by atoms with E-state index in [-0.39, 0.29) is 24.4 Å². The van der Waals surface area contributed by atoms with Crippen LogP contribution in [0.5, 0.6) is 5.75 Å². The lowest BCUT2D eigenvalue weighted by molar-refractivity contribution is -0.123. The summed E-state index contributed by atoms with van der Waals surface area (Å²) in [6.45, 7) is 3.27. The lowest BCUT2D eigenvalue weighted by Gasteiger charge is -2.14. The molecule has 0 aliphatic heterocycles. The zero-order valence-corrected chi connectivity index (χ0v) is 12.5. The van der Waals surface area contributed by atoms with Crippen molar-refractivity contribution in [1.82, 2.24) is 10.6 Å². The Morgan fingerprint density at radius 2 is 2.14 bits per heavy atom. The van der Waals surface area contributed by atoms with E-state index < -0.39 is 0 Å². The number of rotatable bonds is 7. The first kappa shape index (κ1) is 15.8. The van der Waals surface area contributed by atoms with E-state index in [1.54, 1.807) is 6.07 Å². The van der Waals surface area contributed by atoms with Crippen molar-refractivity contribution in [3.8, 4) is 5.75 Å². The Labute approximate surface area is 125 Å². The number of hydrogen-bond acceptors (Lipinski definition) is 3. The molecule has 0 atom stereocenters. The highest BCUT2D eigenvalue weighted by Gasteiger charge is 2.17. The molecule has 0 bridgehead atoms. The van der Waals surface area contributed by atoms with Crippen molar-refractivity contribution < 1.29 is 13.9 Å². The molecule has 1 aromatic carbocycles. The topological polar surface area (TPSA) is 50.4 Å². The molecule has 116 valence electrons. The van der Waals surface area contributed by atoms with Gasteiger partial charge < -0.3 is 15.4 Å². The first-order chi connectivity index (χ1) is 10.2. The quantitative estimate of drug-likeness (QED) is 0.812. The molecule has 4 nitrogen and oxygen atoms in total. The summed E-state index contributed by atoms with van der Waals surface area (Å²) in [5.41, 5.74) is 0.727. The van der Waals surface area contributed by atoms with Gasteiger partial charge in [-0.2, -0.15) is 0 Å². The number of amides is 1. The molecule has 0 saturated heterocycles. The highest BCUT2D eigenvalue weighted by molar-refractivity contribution is 5.77. The van der Waals surface area contributed by atoms with E-state index >= 15 is 0 Å². The Kier molecular flexibility index (Phi) is 5.99. The molecule has 0 heterocycles. The lowest BCUT2D eigenvalue weighted by atomic mass is 10.2. The van der Waals surface area contributed by atoms with Crippen LogP contribution in [-0.4, -0.2) is 25.1 Å². The van der Waals surface area contributed by atoms with Gasteiger partial charge in [-0.25, -0.2) is 4.39 Å². The van der Waals surface area contributed by atoms with Crippen LogP contribution in [0.1, 0.15) is 38.2 Å². The van der Waals surface area contributed by atoms with Crippen molar-refractivity contribution in [3.05, 3.63) is 29.6 Å². The second-order valence-electron chi connectivity index (χ2n) is 5.37. The Balaban J connectivity index is 1.87. The Morgan fingerprint density at radius 1 is 1.38 bits per heavy atom. The molecule has 2 rings (SSSR count). The summed E-state index contributed by atoms with van der Waals surface area (Å²) in [5, 5.41) is 6.10. The maximum atomic E-state index is 13.3. The van der Waals surface area contributed by atoms with E-state index in [1.807, 2.05) is 6.92 Å². The van der Waals surface area contributed by atoms with E-state index in [1.165, 1.54) is 25.0 Å². The van der Waals surface area contributed by atoms with Gasteiger partial charge in [-0.15, -0.1) is 0 Å². The number of halogens is 1. The molecular formula is C16H23FN2O2. The summed E-state index contributed by atoms with van der Waals surface area (Å²) in [6, 6.07) is 4.65. The highest BCUT2D eigenvalue weighted by Crippen LogP contribution is 2.20. The second-order valence-corrected chi connectivity index (χ2v) is 5.37. The number of benzene rings is 1. The van der Waals surface area contributed by atoms with Crippen LogP contribution < -0.4 is 15.4 Å². The van der Waals surface area contributed by atoms with Gasteiger partial charge in [0.25, 0.3) is 5.91 Å². The number of hydrogen-bond donors (Lipinski definition) is 2. The van der Waals surface area contributed by atoms with E-state index in [2.05, 4.69) is 10.6 Å². The first-order valence-corrected chi connectivity index (χ1v) is 7.60. The van der Waals surface area contributed by atoms with Crippen molar-refractivity contribution in [3.63, 3.8) is 0 Å². The standard InChI is InChI=1S/C16H23FN2O2/c1-2-18-10-12-9-13(17)7-8-15(12)21-11-16(20)19-14-5-3-4-6-14/h7-9,14,18H,2-6,10-11H2,1H3,(H,19,20). The molecule has 1 fully saturated rings. The summed E-state index contributed by atoms with van der Waals surface area (Å²) in [7, 11) is 0. The smallest absolute Gasteiger partial charge is 0.258 e. The molecule has 0 aromatic heterocycles. The third-order valence-corrected chi connectivity index (χ3v) is 3.67. The summed E-state index contributed by atoms with van der Waals surface area (Å²) in [5.74, 6) is 0.144. The molecule has 1 aliphatic rings. The molecule has 1 amide bonds. The van der Waals surface area contributed by atoms with Gasteiger partial charge in [0, 0.05) is 18.2 Å². The predicted molar refractivity (Wildman–Crippen MR) is 79.7 cm³/mol. The fourth-order valence-corrected chi connectivity index (χ4v) is 2.57. The number of carbonyl (C=O) groups excluding carboxylic acids is 1. The SMILES string of the molecule is CCNCc1cc(F)ccc1OCC(=O)NC1CCCC1. The van der Waals surface area contributed by atoms with Gasteiger partial charge in [-0.1, -0.05) is 19.8 Å². The van der Waals surface area contributed by atoms with E-state index in [4.69, 9.17) is 4.74 Å². The summed E-state index contributed by atoms with van der Waals surface area (Å²) < 4.78 is 18.8. The molecule has 0 unspecified atom stereocenters. The van der Waals surface area contributed by atoms with E-state index in [0.717, 1.165) is 24.9 Å². The molecule has 5 heteroatoms. The maximum Gasteiger partial charge on any atom is 0.258 e. The average molecular weight is 294 g/mol. The molecule has 0 radical (unpaired) electrons. The van der Waals surface area contributed by atoms with Crippen LogP contribution in [0.25, 0.3) is 0 Å². The monoisotopic (exact) mass is 294 g/mol. The highest BCUT2D eigenvalue weighted by atomic mass is 19.1. The third-order valence-electron chi connectivity index (χ3n) is 3.67. The summed E-state index contributed by atoms with van der Waals surface area (Å²) >= 11 is 0. The molecule has 2 N–H and O–H groups in total. The minimum absolute atomic E-state index is 0.0265. The molecule has 1 aliphatic carbocycles. The lowest BCUT2D eigenvalue weighted by Crippen LogP contribution is -2.36. The van der Waals surface area contributed by atoms with Crippen LogP contribution >= 0.6 is 0 Å². The Hall–Kier alpha value is -1.62. The largest absolute Gasteiger partial charge is 0.483 e. The maximum absolute atomic E-state index is 13.3. The molecule has 1 aromatic rings. The molecule has 1 saturated carbocycles. The van der Waals surface area contributed by atoms with E-state index in [9.17, 15) is 9.18 Å². The van der Waals surface area contributed by atoms with Gasteiger partial charge in [0.05, 0.1) is 0 Å². The van der Waals surface area contributed by atoms with Gasteiger partial charge in [0.1, 0.15) is 11.6 Å². The predicted octanol–water partition coefficient (Wildman–Crippen LogP) is 2.37. The fourth-order valence-electron chi connectivity index (χ4n) is 2.57. The third kappa shape index (κ3) is 5.01. The fraction of sp³-hybridized carbons (Fsp3) is 0.562. The number of carbonyl (C=O) groups is 1. The van der Waals surface area contributed by atoms with Crippen LogP contribution in [0, 0.1) is 5.82 Å². The van der Waals surface area contributed by atoms with Crippen molar-refractivity contribution in [2.75, 3.05) is 13.2 Å². The van der Waals surface area contributed by atoms with Gasteiger partial charge in [-0.3, -0.25) is 4.79 Å². The van der Waals surface area contributed by atoms with Crippen LogP contribution in [0.4, 0.5) is 4.39 Å². The average Bonchev–Trinajstić information content (AvgIpc) is 2.97. The van der Waals surface area contributed by atoms with E-state index in [0.29, 0.717) is 12.3 Å². The van der Waals surface area contributed by atoms with Gasteiger partial charge >= 0.3 is 0 Å². The Morgan fingerprint density at radius 3 is 2.86 bits per heavy atom. The normalized spacial score (nSPS) is 15.1. The van der Waals surface area contributed by atoms with Crippen LogP contribution in [0.15, 0.2) is 18.2 Å². The molecule has 21 heavy (non-hydrogen) atoms. The van der Waals surface area contributed by atoms with Crippen LogP contribution in [-0.2, 0) is 11.3 Å². The zero-order chi connectivity index (χ0) is 15.1. The van der Waals surface area contributed by atoms with Gasteiger partial charge in [-0.05, 0) is 37.6 Å². The second kappa shape index (κ2) is 7.98. The number of ether oxygens (including phenoxy) is 1. The summed E-state index contributed by atoms with van der Waals surface area (Å²) in [6.07, 6.45) is 4.45. The van der Waals surface area contributed by atoms with Crippen molar-refractivity contribution in [2.24, 2.45) is 0 Å². The van der Waals surface area contributed by atoms with Crippen molar-refractivity contribution in [1.29, 1.82) is 0 Å². The molecular weight excluding hydrogens is 271 g/mol. The van der Waals surface area contributed by atoms with Crippen molar-refractivity contribution in [2.45, 2.75) is 45.2 Å². The summed E-state index contributed by atoms with van der Waals surface area (Å²) in [4.78, 5) is 11.8. The minimum Gasteiger partial charge on any atom is -0.483 e. The van der Waals surface area contributed by atoms with Crippen LogP contribution in [0.2, 0.25) is 0 Å². The minimum atomic E-state index is -0.300.